The predicted molar refractivity (Wildman–Crippen MR) is 68.3 cm³/mol. The largest absolute Gasteiger partial charge is 0.242 e. The molecule has 94 valence electrons. The summed E-state index contributed by atoms with van der Waals surface area (Å²) in [6, 6.07) is 0. The molecule has 0 unspecified atom stereocenters. The second-order valence-corrected chi connectivity index (χ2v) is 4.65. The molecule has 1 saturated heterocycles. The van der Waals surface area contributed by atoms with Gasteiger partial charge in [0.05, 0.1) is 6.61 Å². The Balaban J connectivity index is 1.93. The molecule has 1 heterocycles. The van der Waals surface area contributed by atoms with Crippen LogP contribution in [0.25, 0.3) is 0 Å². The summed E-state index contributed by atoms with van der Waals surface area (Å²) in [5.41, 5.74) is 0. The number of unbranched alkanes of at least 4 members (excludes halogenated alkanes) is 5. The molecule has 0 aromatic carbocycles. The maximum atomic E-state index is 5.24. The van der Waals surface area contributed by atoms with Gasteiger partial charge < -0.3 is 0 Å². The van der Waals surface area contributed by atoms with Crippen molar-refractivity contribution in [3.05, 3.63) is 0 Å². The molecule has 0 bridgehead atoms. The average molecular weight is 227 g/mol. The maximum absolute atomic E-state index is 5.24. The second kappa shape index (κ2) is 10.1. The summed E-state index contributed by atoms with van der Waals surface area (Å²) in [6.07, 6.45) is 11.6. The Hall–Kier alpha value is -0.0551. The number of hydrogen-bond acceptors (Lipinski definition) is 3. The van der Waals surface area contributed by atoms with Gasteiger partial charge in [0.25, 0.3) is 0 Å². The minimum atomic E-state index is 0.743. The van der Waals surface area contributed by atoms with Crippen LogP contribution in [0.3, 0.4) is 0 Å². The fourth-order valence-corrected chi connectivity index (χ4v) is 1.99. The predicted octanol–water partition coefficient (Wildman–Crippen LogP) is 3.08. The molecule has 0 aromatic rings. The van der Waals surface area contributed by atoms with Gasteiger partial charge in [-0.05, 0) is 12.8 Å². The zero-order valence-electron chi connectivity index (χ0n) is 10.7. The summed E-state index contributed by atoms with van der Waals surface area (Å²) < 4.78 is 0. The summed E-state index contributed by atoms with van der Waals surface area (Å²) in [5.74, 6) is 0. The molecular formula is C12H26BNO2. The van der Waals surface area contributed by atoms with Crippen LogP contribution in [0.2, 0.25) is 6.32 Å². The van der Waals surface area contributed by atoms with Crippen molar-refractivity contribution >= 4 is 7.41 Å². The highest BCUT2D eigenvalue weighted by Crippen LogP contribution is 2.09. The van der Waals surface area contributed by atoms with Crippen LogP contribution >= 0.6 is 0 Å². The van der Waals surface area contributed by atoms with E-state index >= 15 is 0 Å². The summed E-state index contributed by atoms with van der Waals surface area (Å²) in [7, 11) is 1.02. The normalized spacial score (nSPS) is 18.8. The monoisotopic (exact) mass is 227 g/mol. The molecule has 1 rings (SSSR count). The molecule has 0 aliphatic carbocycles. The van der Waals surface area contributed by atoms with Crippen molar-refractivity contribution in [2.45, 2.75) is 64.6 Å². The molecule has 4 heteroatoms. The van der Waals surface area contributed by atoms with Crippen molar-refractivity contribution in [2.75, 3.05) is 13.2 Å². The number of nitrogens with zero attached hydrogens (tertiary/aromatic N) is 1. The quantitative estimate of drug-likeness (QED) is 0.379. The topological polar surface area (TPSA) is 21.7 Å². The first kappa shape index (κ1) is 14.0. The van der Waals surface area contributed by atoms with E-state index in [1.165, 1.54) is 51.3 Å². The number of rotatable bonds is 7. The Kier molecular flexibility index (Phi) is 8.86. The maximum Gasteiger partial charge on any atom is 0.242 e. The lowest BCUT2D eigenvalue weighted by atomic mass is 9.85. The minimum absolute atomic E-state index is 0.743. The summed E-state index contributed by atoms with van der Waals surface area (Å²) in [6.45, 7) is 4.02. The first-order chi connectivity index (χ1) is 7.93. The van der Waals surface area contributed by atoms with E-state index in [2.05, 4.69) is 6.92 Å². The van der Waals surface area contributed by atoms with Crippen molar-refractivity contribution in [1.82, 2.24) is 4.97 Å². The number of hydrogen-bond donors (Lipinski definition) is 0. The van der Waals surface area contributed by atoms with Crippen molar-refractivity contribution in [1.29, 1.82) is 0 Å². The van der Waals surface area contributed by atoms with E-state index in [0.29, 0.717) is 0 Å². The Morgan fingerprint density at radius 1 is 1.06 bits per heavy atom. The highest BCUT2D eigenvalue weighted by atomic mass is 17.3. The minimum Gasteiger partial charge on any atom is -0.219 e. The lowest BCUT2D eigenvalue weighted by molar-refractivity contribution is -0.398. The number of hydroxylamine groups is 1. The van der Waals surface area contributed by atoms with Crippen LogP contribution in [0.4, 0.5) is 0 Å². The van der Waals surface area contributed by atoms with E-state index in [0.717, 1.165) is 27.0 Å². The molecule has 0 aromatic heterocycles. The van der Waals surface area contributed by atoms with Crippen molar-refractivity contribution in [2.24, 2.45) is 0 Å². The third kappa shape index (κ3) is 7.26. The Morgan fingerprint density at radius 3 is 2.75 bits per heavy atom. The molecule has 0 amide bonds. The van der Waals surface area contributed by atoms with Crippen LogP contribution in [0.1, 0.15) is 58.3 Å². The fraction of sp³-hybridized carbons (Fsp3) is 1.00. The van der Waals surface area contributed by atoms with Crippen LogP contribution in [0, 0.1) is 0 Å². The Bertz CT molecular complexity index is 150. The van der Waals surface area contributed by atoms with E-state index in [9.17, 15) is 0 Å². The van der Waals surface area contributed by atoms with Gasteiger partial charge in [-0.25, -0.2) is 9.86 Å². The summed E-state index contributed by atoms with van der Waals surface area (Å²) in [5, 5.41) is 0. The van der Waals surface area contributed by atoms with Crippen molar-refractivity contribution in [3.8, 4) is 0 Å². The third-order valence-electron chi connectivity index (χ3n) is 3.05. The first-order valence-corrected chi connectivity index (χ1v) is 6.98. The van der Waals surface area contributed by atoms with E-state index in [-0.39, 0.29) is 0 Å². The lowest BCUT2D eigenvalue weighted by Crippen LogP contribution is -2.30. The van der Waals surface area contributed by atoms with Crippen LogP contribution < -0.4 is 0 Å². The van der Waals surface area contributed by atoms with Crippen molar-refractivity contribution < 1.29 is 9.88 Å². The van der Waals surface area contributed by atoms with Gasteiger partial charge in [-0.1, -0.05) is 51.8 Å². The van der Waals surface area contributed by atoms with Crippen LogP contribution in [0.15, 0.2) is 0 Å². The zero-order chi connectivity index (χ0) is 11.5. The fourth-order valence-electron chi connectivity index (χ4n) is 1.99. The molecule has 0 radical (unpaired) electrons. The van der Waals surface area contributed by atoms with E-state index in [4.69, 9.17) is 9.88 Å². The van der Waals surface area contributed by atoms with Gasteiger partial charge in [-0.3, -0.25) is 0 Å². The highest BCUT2D eigenvalue weighted by molar-refractivity contribution is 6.31. The van der Waals surface area contributed by atoms with Gasteiger partial charge in [0.2, 0.25) is 7.41 Å². The Labute approximate surface area is 101 Å². The van der Waals surface area contributed by atoms with Gasteiger partial charge in [0, 0.05) is 6.54 Å². The Morgan fingerprint density at radius 2 is 1.88 bits per heavy atom. The van der Waals surface area contributed by atoms with E-state index in [1.54, 1.807) is 0 Å². The van der Waals surface area contributed by atoms with Gasteiger partial charge in [0.1, 0.15) is 0 Å². The molecule has 1 aliphatic heterocycles. The van der Waals surface area contributed by atoms with Gasteiger partial charge in [0.15, 0.2) is 0 Å². The second-order valence-electron chi connectivity index (χ2n) is 4.65. The van der Waals surface area contributed by atoms with Crippen LogP contribution in [0.5, 0.6) is 0 Å². The smallest absolute Gasteiger partial charge is 0.219 e. The zero-order valence-corrected chi connectivity index (χ0v) is 10.7. The van der Waals surface area contributed by atoms with E-state index in [1.807, 2.05) is 4.97 Å². The highest BCUT2D eigenvalue weighted by Gasteiger charge is 2.10. The summed E-state index contributed by atoms with van der Waals surface area (Å²) in [4.78, 5) is 12.3. The molecule has 0 N–H and O–H groups in total. The molecule has 16 heavy (non-hydrogen) atoms. The van der Waals surface area contributed by atoms with Crippen LogP contribution in [-0.2, 0) is 9.88 Å². The molecule has 0 spiro atoms. The van der Waals surface area contributed by atoms with Crippen molar-refractivity contribution in [3.63, 3.8) is 0 Å². The lowest BCUT2D eigenvalue weighted by Gasteiger charge is -2.21. The standard InChI is InChI=1S/C12H26BNO2/c1-2-3-4-5-6-8-11-14-13-10-7-9-12-15-16-14/h13H,2-12H2,1H3. The molecule has 1 aliphatic rings. The third-order valence-corrected chi connectivity index (χ3v) is 3.05. The van der Waals surface area contributed by atoms with Crippen LogP contribution in [-0.4, -0.2) is 25.5 Å². The summed E-state index contributed by atoms with van der Waals surface area (Å²) >= 11 is 0. The molecular weight excluding hydrogens is 201 g/mol. The average Bonchev–Trinajstić information content (AvgIpc) is 2.25. The molecule has 0 atom stereocenters. The van der Waals surface area contributed by atoms with E-state index < -0.39 is 0 Å². The van der Waals surface area contributed by atoms with Gasteiger partial charge >= 0.3 is 0 Å². The molecule has 3 nitrogen and oxygen atoms in total. The first-order valence-electron chi connectivity index (χ1n) is 6.98. The molecule has 0 saturated carbocycles. The van der Waals surface area contributed by atoms with Gasteiger partial charge in [-0.2, -0.15) is 4.99 Å². The molecule has 1 fully saturated rings. The van der Waals surface area contributed by atoms with Gasteiger partial charge in [-0.15, -0.1) is 0 Å². The SMILES string of the molecule is CCCCCCCCN1BCCCCOO1.